The van der Waals surface area contributed by atoms with E-state index < -0.39 is 5.82 Å². The van der Waals surface area contributed by atoms with Gasteiger partial charge in [-0.05, 0) is 37.1 Å². The predicted octanol–water partition coefficient (Wildman–Crippen LogP) is 2.42. The first-order chi connectivity index (χ1) is 7.72. The Balaban J connectivity index is 2.24. The van der Waals surface area contributed by atoms with Crippen LogP contribution < -0.4 is 5.32 Å². The zero-order chi connectivity index (χ0) is 11.8. The number of terminal acetylenes is 1. The summed E-state index contributed by atoms with van der Waals surface area (Å²) in [5.74, 6) is 2.13. The van der Waals surface area contributed by atoms with E-state index in [1.165, 1.54) is 6.07 Å². The number of phenolic OH excluding ortho intramolecular Hbond substituents is 1. The quantitative estimate of drug-likeness (QED) is 0.571. The number of phenols is 1. The monoisotopic (exact) mass is 221 g/mol. The average molecular weight is 221 g/mol. The molecule has 0 aliphatic rings. The highest BCUT2D eigenvalue weighted by Crippen LogP contribution is 2.14. The third kappa shape index (κ3) is 4.81. The molecule has 0 unspecified atom stereocenters. The molecule has 86 valence electrons. The third-order valence-electron chi connectivity index (χ3n) is 2.20. The van der Waals surface area contributed by atoms with Gasteiger partial charge in [0.15, 0.2) is 0 Å². The summed E-state index contributed by atoms with van der Waals surface area (Å²) in [6.07, 6.45) is 7.93. The highest BCUT2D eigenvalue weighted by molar-refractivity contribution is 5.28. The van der Waals surface area contributed by atoms with Crippen molar-refractivity contribution in [2.24, 2.45) is 0 Å². The highest BCUT2D eigenvalue weighted by atomic mass is 19.1. The van der Waals surface area contributed by atoms with Crippen LogP contribution in [-0.4, -0.2) is 11.7 Å². The maximum absolute atomic E-state index is 12.9. The molecule has 0 spiro atoms. The van der Waals surface area contributed by atoms with Crippen LogP contribution >= 0.6 is 0 Å². The van der Waals surface area contributed by atoms with Crippen molar-refractivity contribution in [3.8, 4) is 18.1 Å². The maximum Gasteiger partial charge on any atom is 0.127 e. The fourth-order valence-electron chi connectivity index (χ4n) is 1.45. The molecule has 0 fully saturated rings. The Labute approximate surface area is 95.5 Å². The lowest BCUT2D eigenvalue weighted by molar-refractivity contribution is 0.467. The van der Waals surface area contributed by atoms with E-state index in [9.17, 15) is 9.50 Å². The minimum Gasteiger partial charge on any atom is -0.508 e. The number of hydrogen-bond donors (Lipinski definition) is 2. The highest BCUT2D eigenvalue weighted by Gasteiger charge is 1.99. The van der Waals surface area contributed by atoms with E-state index in [4.69, 9.17) is 6.42 Å². The van der Waals surface area contributed by atoms with E-state index in [1.807, 2.05) is 0 Å². The van der Waals surface area contributed by atoms with Crippen molar-refractivity contribution in [3.63, 3.8) is 0 Å². The Bertz CT molecular complexity index is 350. The Morgan fingerprint density at radius 3 is 2.81 bits per heavy atom. The summed E-state index contributed by atoms with van der Waals surface area (Å²) in [6.45, 7) is 1.40. The van der Waals surface area contributed by atoms with Crippen molar-refractivity contribution < 1.29 is 9.50 Å². The normalized spacial score (nSPS) is 10.0. The number of halogens is 1. The van der Waals surface area contributed by atoms with Gasteiger partial charge in [-0.25, -0.2) is 4.39 Å². The van der Waals surface area contributed by atoms with Crippen LogP contribution in [0.1, 0.15) is 24.8 Å². The Morgan fingerprint density at radius 2 is 2.12 bits per heavy atom. The topological polar surface area (TPSA) is 32.3 Å². The van der Waals surface area contributed by atoms with Gasteiger partial charge in [-0.15, -0.1) is 12.3 Å². The Hall–Kier alpha value is -1.53. The lowest BCUT2D eigenvalue weighted by Crippen LogP contribution is -2.14. The second-order valence-electron chi connectivity index (χ2n) is 3.66. The summed E-state index contributed by atoms with van der Waals surface area (Å²) in [7, 11) is 0. The zero-order valence-corrected chi connectivity index (χ0v) is 9.17. The average Bonchev–Trinajstić information content (AvgIpc) is 2.22. The van der Waals surface area contributed by atoms with Crippen LogP contribution in [0.2, 0.25) is 0 Å². The van der Waals surface area contributed by atoms with Gasteiger partial charge in [0.05, 0.1) is 0 Å². The molecular formula is C13H16FNO. The van der Waals surface area contributed by atoms with E-state index >= 15 is 0 Å². The molecule has 0 bridgehead atoms. The summed E-state index contributed by atoms with van der Waals surface area (Å²) in [4.78, 5) is 0. The number of rotatable bonds is 6. The molecule has 0 saturated heterocycles. The van der Waals surface area contributed by atoms with Gasteiger partial charge in [0.1, 0.15) is 11.6 Å². The summed E-state index contributed by atoms with van der Waals surface area (Å²) < 4.78 is 12.9. The minimum absolute atomic E-state index is 0.0378. The number of benzene rings is 1. The van der Waals surface area contributed by atoms with E-state index in [1.54, 1.807) is 6.07 Å². The third-order valence-corrected chi connectivity index (χ3v) is 2.20. The van der Waals surface area contributed by atoms with E-state index in [0.717, 1.165) is 37.4 Å². The molecule has 3 heteroatoms. The van der Waals surface area contributed by atoms with Crippen LogP contribution in [0.5, 0.6) is 5.75 Å². The molecule has 0 aliphatic carbocycles. The number of hydrogen-bond acceptors (Lipinski definition) is 2. The number of unbranched alkanes of at least 4 members (excludes halogenated alkanes) is 2. The van der Waals surface area contributed by atoms with Crippen LogP contribution in [-0.2, 0) is 6.54 Å². The lowest BCUT2D eigenvalue weighted by atomic mass is 10.2. The Kier molecular flexibility index (Phi) is 5.38. The molecule has 0 aromatic heterocycles. The van der Waals surface area contributed by atoms with Gasteiger partial charge >= 0.3 is 0 Å². The van der Waals surface area contributed by atoms with Crippen molar-refractivity contribution in [2.45, 2.75) is 25.8 Å². The Morgan fingerprint density at radius 1 is 1.31 bits per heavy atom. The summed E-state index contributed by atoms with van der Waals surface area (Å²) in [5, 5.41) is 12.3. The minimum atomic E-state index is -0.413. The van der Waals surface area contributed by atoms with Crippen molar-refractivity contribution in [1.29, 1.82) is 0 Å². The molecule has 0 heterocycles. The number of aromatic hydroxyl groups is 1. The molecule has 1 aromatic carbocycles. The van der Waals surface area contributed by atoms with Gasteiger partial charge in [-0.3, -0.25) is 0 Å². The van der Waals surface area contributed by atoms with Crippen LogP contribution in [0.3, 0.4) is 0 Å². The molecule has 2 N–H and O–H groups in total. The van der Waals surface area contributed by atoms with Crippen LogP contribution in [0.4, 0.5) is 4.39 Å². The first-order valence-corrected chi connectivity index (χ1v) is 5.35. The molecule has 0 aliphatic heterocycles. The van der Waals surface area contributed by atoms with Gasteiger partial charge in [0.2, 0.25) is 0 Å². The number of nitrogens with one attached hydrogen (secondary N) is 1. The van der Waals surface area contributed by atoms with Crippen molar-refractivity contribution in [3.05, 3.63) is 29.6 Å². The summed E-state index contributed by atoms with van der Waals surface area (Å²) in [6, 6.07) is 4.06. The second-order valence-corrected chi connectivity index (χ2v) is 3.66. The first kappa shape index (κ1) is 12.5. The van der Waals surface area contributed by atoms with E-state index in [2.05, 4.69) is 11.2 Å². The standard InChI is InChI=1S/C13H16FNO/c1-2-3-4-5-6-15-10-11-7-12(14)9-13(16)8-11/h1,7-9,15-16H,3-6,10H2. The van der Waals surface area contributed by atoms with Crippen LogP contribution in [0.15, 0.2) is 18.2 Å². The maximum atomic E-state index is 12.9. The molecule has 1 aromatic rings. The van der Waals surface area contributed by atoms with Gasteiger partial charge in [0, 0.05) is 19.0 Å². The molecular weight excluding hydrogens is 205 g/mol. The fraction of sp³-hybridized carbons (Fsp3) is 0.385. The summed E-state index contributed by atoms with van der Waals surface area (Å²) >= 11 is 0. The molecule has 0 radical (unpaired) electrons. The van der Waals surface area contributed by atoms with E-state index in [0.29, 0.717) is 6.54 Å². The predicted molar refractivity (Wildman–Crippen MR) is 62.5 cm³/mol. The molecule has 0 atom stereocenters. The van der Waals surface area contributed by atoms with Gasteiger partial charge in [0.25, 0.3) is 0 Å². The van der Waals surface area contributed by atoms with Gasteiger partial charge in [-0.2, -0.15) is 0 Å². The van der Waals surface area contributed by atoms with Crippen LogP contribution in [0.25, 0.3) is 0 Å². The lowest BCUT2D eigenvalue weighted by Gasteiger charge is -2.05. The molecule has 16 heavy (non-hydrogen) atoms. The van der Waals surface area contributed by atoms with E-state index in [-0.39, 0.29) is 5.75 Å². The molecule has 2 nitrogen and oxygen atoms in total. The largest absolute Gasteiger partial charge is 0.508 e. The zero-order valence-electron chi connectivity index (χ0n) is 9.17. The second kappa shape index (κ2) is 6.86. The van der Waals surface area contributed by atoms with Crippen LogP contribution in [0, 0.1) is 18.2 Å². The van der Waals surface area contributed by atoms with Gasteiger partial charge < -0.3 is 10.4 Å². The van der Waals surface area contributed by atoms with Gasteiger partial charge in [-0.1, -0.05) is 0 Å². The molecule has 0 saturated carbocycles. The van der Waals surface area contributed by atoms with Crippen molar-refractivity contribution in [1.82, 2.24) is 5.32 Å². The fourth-order valence-corrected chi connectivity index (χ4v) is 1.45. The van der Waals surface area contributed by atoms with Crippen molar-refractivity contribution in [2.75, 3.05) is 6.54 Å². The smallest absolute Gasteiger partial charge is 0.127 e. The molecule has 1 rings (SSSR count). The summed E-state index contributed by atoms with van der Waals surface area (Å²) in [5.41, 5.74) is 0.745. The SMILES string of the molecule is C#CCCCCNCc1cc(O)cc(F)c1. The van der Waals surface area contributed by atoms with Crippen molar-refractivity contribution >= 4 is 0 Å². The first-order valence-electron chi connectivity index (χ1n) is 5.35. The molecule has 0 amide bonds.